The van der Waals surface area contributed by atoms with Crippen LogP contribution in [0.5, 0.6) is 0 Å². The summed E-state index contributed by atoms with van der Waals surface area (Å²) in [7, 11) is 0. The number of rotatable bonds is 6. The van der Waals surface area contributed by atoms with E-state index in [9.17, 15) is 9.18 Å². The third-order valence-corrected chi connectivity index (χ3v) is 4.80. The van der Waals surface area contributed by atoms with Crippen molar-refractivity contribution in [3.63, 3.8) is 0 Å². The van der Waals surface area contributed by atoms with E-state index in [4.69, 9.17) is 0 Å². The van der Waals surface area contributed by atoms with E-state index in [0.29, 0.717) is 12.2 Å². The molecule has 0 saturated carbocycles. The first-order chi connectivity index (χ1) is 12.1. The van der Waals surface area contributed by atoms with Crippen LogP contribution >= 0.6 is 0 Å². The predicted octanol–water partition coefficient (Wildman–Crippen LogP) is 4.63. The zero-order valence-corrected chi connectivity index (χ0v) is 14.7. The molecule has 1 aliphatic heterocycles. The molecule has 0 aromatic heterocycles. The molecule has 1 heterocycles. The Bertz CT molecular complexity index is 738. The van der Waals surface area contributed by atoms with Crippen molar-refractivity contribution in [3.05, 3.63) is 65.0 Å². The summed E-state index contributed by atoms with van der Waals surface area (Å²) in [5.74, 6) is -0.735. The van der Waals surface area contributed by atoms with Gasteiger partial charge in [0.15, 0.2) is 5.78 Å². The van der Waals surface area contributed by atoms with E-state index in [1.54, 1.807) is 12.1 Å². The molecule has 1 N–H and O–H groups in total. The quantitative estimate of drug-likeness (QED) is 0.779. The van der Waals surface area contributed by atoms with Crippen LogP contribution < -0.4 is 5.32 Å². The molecule has 0 spiro atoms. The summed E-state index contributed by atoms with van der Waals surface area (Å²) in [6.07, 6.45) is 3.87. The number of carbonyl (C=O) groups is 1. The van der Waals surface area contributed by atoms with Gasteiger partial charge in [0.05, 0.1) is 5.56 Å². The van der Waals surface area contributed by atoms with Gasteiger partial charge in [-0.3, -0.25) is 9.69 Å². The van der Waals surface area contributed by atoms with Crippen molar-refractivity contribution in [3.8, 4) is 0 Å². The van der Waals surface area contributed by atoms with Crippen LogP contribution in [0.15, 0.2) is 42.5 Å². The summed E-state index contributed by atoms with van der Waals surface area (Å²) < 4.78 is 13.9. The maximum Gasteiger partial charge on any atom is 0.164 e. The summed E-state index contributed by atoms with van der Waals surface area (Å²) in [6, 6.07) is 13.0. The standard InChI is InChI=1S/C21H25FN2O/c1-16(25)21-19(22)10-7-11-20(21)23-14-17-8-3-4-9-18(17)15-24-12-5-2-6-13-24/h3-4,7-11,23H,2,5-6,12-15H2,1H3. The van der Waals surface area contributed by atoms with Crippen molar-refractivity contribution >= 4 is 11.5 Å². The van der Waals surface area contributed by atoms with Gasteiger partial charge in [-0.2, -0.15) is 0 Å². The molecule has 25 heavy (non-hydrogen) atoms. The second-order valence-corrected chi connectivity index (χ2v) is 6.68. The fourth-order valence-electron chi connectivity index (χ4n) is 3.46. The molecule has 2 aromatic rings. The van der Waals surface area contributed by atoms with Gasteiger partial charge in [0, 0.05) is 18.8 Å². The number of hydrogen-bond acceptors (Lipinski definition) is 3. The van der Waals surface area contributed by atoms with Crippen molar-refractivity contribution in [2.45, 2.75) is 39.3 Å². The molecule has 0 bridgehead atoms. The average molecular weight is 340 g/mol. The lowest BCUT2D eigenvalue weighted by molar-refractivity contribution is 0.101. The van der Waals surface area contributed by atoms with Gasteiger partial charge in [0.1, 0.15) is 5.82 Å². The highest BCUT2D eigenvalue weighted by Crippen LogP contribution is 2.22. The van der Waals surface area contributed by atoms with Crippen LogP contribution in [0.1, 0.15) is 47.7 Å². The highest BCUT2D eigenvalue weighted by molar-refractivity contribution is 5.99. The van der Waals surface area contributed by atoms with Crippen molar-refractivity contribution in [1.82, 2.24) is 4.90 Å². The number of anilines is 1. The molecule has 132 valence electrons. The van der Waals surface area contributed by atoms with Crippen molar-refractivity contribution < 1.29 is 9.18 Å². The number of ketones is 1. The number of benzene rings is 2. The van der Waals surface area contributed by atoms with Crippen LogP contribution in [0.2, 0.25) is 0 Å². The minimum absolute atomic E-state index is 0.135. The number of Topliss-reactive ketones (excluding diaryl/α,β-unsaturated/α-hetero) is 1. The molecule has 0 aliphatic carbocycles. The highest BCUT2D eigenvalue weighted by Gasteiger charge is 2.14. The number of nitrogens with one attached hydrogen (secondary N) is 1. The summed E-state index contributed by atoms with van der Waals surface area (Å²) in [5, 5.41) is 3.25. The van der Waals surface area contributed by atoms with Gasteiger partial charge in [-0.1, -0.05) is 36.8 Å². The molecule has 4 heteroatoms. The number of nitrogens with zero attached hydrogens (tertiary/aromatic N) is 1. The number of carbonyl (C=O) groups excluding carboxylic acids is 1. The van der Waals surface area contributed by atoms with E-state index in [0.717, 1.165) is 19.6 Å². The molecule has 3 rings (SSSR count). The summed E-state index contributed by atoms with van der Waals surface area (Å²) >= 11 is 0. The molecule has 0 unspecified atom stereocenters. The number of halogens is 1. The smallest absolute Gasteiger partial charge is 0.164 e. The van der Waals surface area contributed by atoms with Crippen LogP contribution in [-0.4, -0.2) is 23.8 Å². The SMILES string of the molecule is CC(=O)c1c(F)cccc1NCc1ccccc1CN1CCCCC1. The van der Waals surface area contributed by atoms with Crippen LogP contribution in [0.25, 0.3) is 0 Å². The Hall–Kier alpha value is -2.20. The first-order valence-corrected chi connectivity index (χ1v) is 8.97. The minimum atomic E-state index is -0.473. The molecule has 0 atom stereocenters. The summed E-state index contributed by atoms with van der Waals surface area (Å²) in [6.45, 7) is 5.22. The highest BCUT2D eigenvalue weighted by atomic mass is 19.1. The van der Waals surface area contributed by atoms with E-state index in [-0.39, 0.29) is 11.3 Å². The first kappa shape index (κ1) is 17.6. The topological polar surface area (TPSA) is 32.3 Å². The average Bonchev–Trinajstić information content (AvgIpc) is 2.61. The lowest BCUT2D eigenvalue weighted by atomic mass is 10.0. The minimum Gasteiger partial charge on any atom is -0.380 e. The third-order valence-electron chi connectivity index (χ3n) is 4.80. The Labute approximate surface area is 148 Å². The lowest BCUT2D eigenvalue weighted by Gasteiger charge is -2.27. The van der Waals surface area contributed by atoms with Gasteiger partial charge in [-0.25, -0.2) is 4.39 Å². The Morgan fingerprint density at radius 2 is 1.76 bits per heavy atom. The van der Waals surface area contributed by atoms with Crippen LogP contribution in [0.3, 0.4) is 0 Å². The van der Waals surface area contributed by atoms with Gasteiger partial charge in [0.2, 0.25) is 0 Å². The zero-order chi connectivity index (χ0) is 17.6. The molecule has 1 fully saturated rings. The van der Waals surface area contributed by atoms with Gasteiger partial charge in [0.25, 0.3) is 0 Å². The van der Waals surface area contributed by atoms with Gasteiger partial charge in [-0.05, 0) is 56.1 Å². The zero-order valence-electron chi connectivity index (χ0n) is 14.7. The normalized spacial score (nSPS) is 15.1. The van der Waals surface area contributed by atoms with E-state index >= 15 is 0 Å². The first-order valence-electron chi connectivity index (χ1n) is 8.97. The monoisotopic (exact) mass is 340 g/mol. The molecule has 2 aromatic carbocycles. The lowest BCUT2D eigenvalue weighted by Crippen LogP contribution is -2.29. The van der Waals surface area contributed by atoms with Crippen molar-refractivity contribution in [2.24, 2.45) is 0 Å². The van der Waals surface area contributed by atoms with Crippen molar-refractivity contribution in [2.75, 3.05) is 18.4 Å². The third kappa shape index (κ3) is 4.45. The molecule has 1 aliphatic rings. The molecule has 0 radical (unpaired) electrons. The molecule has 1 saturated heterocycles. The number of likely N-dealkylation sites (tertiary alicyclic amines) is 1. The second-order valence-electron chi connectivity index (χ2n) is 6.68. The Morgan fingerprint density at radius 3 is 2.48 bits per heavy atom. The maximum atomic E-state index is 13.9. The van der Waals surface area contributed by atoms with E-state index in [1.807, 2.05) is 6.07 Å². The second kappa shape index (κ2) is 8.26. The fraction of sp³-hybridized carbons (Fsp3) is 0.381. The van der Waals surface area contributed by atoms with Gasteiger partial charge in [-0.15, -0.1) is 0 Å². The largest absolute Gasteiger partial charge is 0.380 e. The Balaban J connectivity index is 1.74. The maximum absolute atomic E-state index is 13.9. The Morgan fingerprint density at radius 1 is 1.04 bits per heavy atom. The summed E-state index contributed by atoms with van der Waals surface area (Å²) in [5.41, 5.74) is 3.17. The molecular weight excluding hydrogens is 315 g/mol. The predicted molar refractivity (Wildman–Crippen MR) is 99.3 cm³/mol. The van der Waals surface area contributed by atoms with Gasteiger partial charge < -0.3 is 5.32 Å². The molecule has 0 amide bonds. The fourth-order valence-corrected chi connectivity index (χ4v) is 3.46. The van der Waals surface area contributed by atoms with E-state index in [1.165, 1.54) is 43.4 Å². The van der Waals surface area contributed by atoms with E-state index < -0.39 is 5.82 Å². The molecule has 3 nitrogen and oxygen atoms in total. The number of hydrogen-bond donors (Lipinski definition) is 1. The van der Waals surface area contributed by atoms with Crippen LogP contribution in [0.4, 0.5) is 10.1 Å². The molecular formula is C21H25FN2O. The Kier molecular flexibility index (Phi) is 5.82. The van der Waals surface area contributed by atoms with Crippen LogP contribution in [-0.2, 0) is 13.1 Å². The number of piperidine rings is 1. The van der Waals surface area contributed by atoms with Crippen LogP contribution in [0, 0.1) is 5.82 Å². The van der Waals surface area contributed by atoms with Crippen molar-refractivity contribution in [1.29, 1.82) is 0 Å². The van der Waals surface area contributed by atoms with E-state index in [2.05, 4.69) is 28.4 Å². The summed E-state index contributed by atoms with van der Waals surface area (Å²) in [4.78, 5) is 14.2. The van der Waals surface area contributed by atoms with Gasteiger partial charge >= 0.3 is 0 Å².